The van der Waals surface area contributed by atoms with Gasteiger partial charge in [-0.3, -0.25) is 0 Å². The smallest absolute Gasteiger partial charge is 0.352 e. The summed E-state index contributed by atoms with van der Waals surface area (Å²) in [5.74, 6) is 0.616. The summed E-state index contributed by atoms with van der Waals surface area (Å²) in [5, 5.41) is 5.75. The summed E-state index contributed by atoms with van der Waals surface area (Å²) in [5.41, 5.74) is -0.963. The molecule has 1 aromatic carbocycles. The number of rotatable bonds is 5. The molecule has 1 aromatic heterocycles. The van der Waals surface area contributed by atoms with Gasteiger partial charge in [0, 0.05) is 17.3 Å². The van der Waals surface area contributed by atoms with Gasteiger partial charge in [0.15, 0.2) is 0 Å². The van der Waals surface area contributed by atoms with Crippen LogP contribution in [-0.2, 0) is 6.18 Å². The second kappa shape index (κ2) is 7.04. The van der Waals surface area contributed by atoms with E-state index in [0.717, 1.165) is 12.5 Å². The fourth-order valence-electron chi connectivity index (χ4n) is 1.82. The molecule has 2 N–H and O–H groups in total. The first-order valence-corrected chi connectivity index (χ1v) is 7.40. The lowest BCUT2D eigenvalue weighted by Crippen LogP contribution is -2.16. The largest absolute Gasteiger partial charge is 0.418 e. The first kappa shape index (κ1) is 17.3. The highest BCUT2D eigenvalue weighted by atomic mass is 35.5. The number of anilines is 3. The van der Waals surface area contributed by atoms with E-state index in [4.69, 9.17) is 11.6 Å². The van der Waals surface area contributed by atoms with Gasteiger partial charge in [0.25, 0.3) is 0 Å². The molecule has 0 radical (unpaired) electrons. The minimum absolute atomic E-state index is 0.0182. The molecule has 2 rings (SSSR count). The number of hydrogen-bond donors (Lipinski definition) is 2. The summed E-state index contributed by atoms with van der Waals surface area (Å²) >= 11 is 5.66. The van der Waals surface area contributed by atoms with Crippen LogP contribution >= 0.6 is 11.6 Å². The van der Waals surface area contributed by atoms with Gasteiger partial charge in [-0.1, -0.05) is 18.5 Å². The summed E-state index contributed by atoms with van der Waals surface area (Å²) in [7, 11) is 0. The average Bonchev–Trinajstić information content (AvgIpc) is 2.48. The Hall–Kier alpha value is -2.02. The minimum Gasteiger partial charge on any atom is -0.352 e. The predicted octanol–water partition coefficient (Wildman–Crippen LogP) is 5.10. The number of hydrogen-bond acceptors (Lipinski definition) is 4. The van der Waals surface area contributed by atoms with Gasteiger partial charge < -0.3 is 10.6 Å². The Morgan fingerprint density at radius 2 is 2.00 bits per heavy atom. The van der Waals surface area contributed by atoms with Crippen molar-refractivity contribution in [3.05, 3.63) is 41.0 Å². The molecule has 0 saturated heterocycles. The molecule has 0 aliphatic carbocycles. The maximum Gasteiger partial charge on any atom is 0.418 e. The van der Waals surface area contributed by atoms with Gasteiger partial charge in [-0.15, -0.1) is 0 Å². The Labute approximate surface area is 137 Å². The lowest BCUT2D eigenvalue weighted by atomic mass is 10.1. The summed E-state index contributed by atoms with van der Waals surface area (Å²) in [4.78, 5) is 8.22. The molecular weight excluding hydrogens is 329 g/mol. The van der Waals surface area contributed by atoms with E-state index in [1.807, 2.05) is 13.8 Å². The molecule has 1 unspecified atom stereocenters. The van der Waals surface area contributed by atoms with Crippen molar-refractivity contribution in [3.8, 4) is 0 Å². The normalized spacial score (nSPS) is 12.8. The molecule has 0 spiro atoms. The van der Waals surface area contributed by atoms with E-state index in [2.05, 4.69) is 20.6 Å². The molecule has 0 bridgehead atoms. The first-order chi connectivity index (χ1) is 10.8. The molecule has 0 aliphatic rings. The van der Waals surface area contributed by atoms with Gasteiger partial charge in [-0.25, -0.2) is 4.98 Å². The Balaban J connectivity index is 2.28. The predicted molar refractivity (Wildman–Crippen MR) is 85.1 cm³/mol. The van der Waals surface area contributed by atoms with Gasteiger partial charge in [-0.2, -0.15) is 18.2 Å². The molecule has 0 amide bonds. The monoisotopic (exact) mass is 344 g/mol. The van der Waals surface area contributed by atoms with E-state index >= 15 is 0 Å². The highest BCUT2D eigenvalue weighted by molar-refractivity contribution is 6.30. The van der Waals surface area contributed by atoms with Crippen LogP contribution in [0.1, 0.15) is 25.8 Å². The van der Waals surface area contributed by atoms with Crippen molar-refractivity contribution in [1.82, 2.24) is 9.97 Å². The molecule has 0 fully saturated rings. The Bertz CT molecular complexity index is 676. The highest BCUT2D eigenvalue weighted by Gasteiger charge is 2.33. The van der Waals surface area contributed by atoms with Crippen LogP contribution in [0, 0.1) is 0 Å². The number of benzene rings is 1. The van der Waals surface area contributed by atoms with Crippen LogP contribution in [0.3, 0.4) is 0 Å². The van der Waals surface area contributed by atoms with E-state index in [-0.39, 0.29) is 22.6 Å². The van der Waals surface area contributed by atoms with Gasteiger partial charge >= 0.3 is 6.18 Å². The van der Waals surface area contributed by atoms with E-state index in [0.29, 0.717) is 5.95 Å². The number of aromatic nitrogens is 2. The summed E-state index contributed by atoms with van der Waals surface area (Å²) < 4.78 is 39.3. The summed E-state index contributed by atoms with van der Waals surface area (Å²) in [6.45, 7) is 3.97. The molecule has 1 heterocycles. The van der Waals surface area contributed by atoms with Crippen molar-refractivity contribution in [2.45, 2.75) is 32.5 Å². The van der Waals surface area contributed by atoms with Gasteiger partial charge in [0.1, 0.15) is 5.82 Å². The lowest BCUT2D eigenvalue weighted by Gasteiger charge is -2.15. The third kappa shape index (κ3) is 4.72. The van der Waals surface area contributed by atoms with Crippen molar-refractivity contribution in [3.63, 3.8) is 0 Å². The molecule has 0 saturated carbocycles. The summed E-state index contributed by atoms with van der Waals surface area (Å²) in [6, 6.07) is 5.19. The Morgan fingerprint density at radius 3 is 2.65 bits per heavy atom. The van der Waals surface area contributed by atoms with Crippen molar-refractivity contribution >= 4 is 29.1 Å². The number of halogens is 4. The van der Waals surface area contributed by atoms with Crippen LogP contribution < -0.4 is 10.6 Å². The van der Waals surface area contributed by atoms with E-state index in [9.17, 15) is 13.2 Å². The SMILES string of the molecule is CCC(C)Nc1nccc(Nc2ccc(Cl)cc2C(F)(F)F)n1. The number of nitrogens with one attached hydrogen (secondary N) is 2. The van der Waals surface area contributed by atoms with E-state index in [1.54, 1.807) is 0 Å². The fraction of sp³-hybridized carbons (Fsp3) is 0.333. The Morgan fingerprint density at radius 1 is 1.26 bits per heavy atom. The minimum atomic E-state index is -4.52. The van der Waals surface area contributed by atoms with Gasteiger partial charge in [-0.05, 0) is 37.6 Å². The lowest BCUT2D eigenvalue weighted by molar-refractivity contribution is -0.136. The molecule has 23 heavy (non-hydrogen) atoms. The van der Waals surface area contributed by atoms with Crippen LogP contribution in [-0.4, -0.2) is 16.0 Å². The quantitative estimate of drug-likeness (QED) is 0.792. The molecule has 124 valence electrons. The van der Waals surface area contributed by atoms with Crippen LogP contribution in [0.25, 0.3) is 0 Å². The van der Waals surface area contributed by atoms with Crippen molar-refractivity contribution in [2.75, 3.05) is 10.6 Å². The second-order valence-electron chi connectivity index (χ2n) is 5.03. The van der Waals surface area contributed by atoms with E-state index in [1.165, 1.54) is 24.4 Å². The van der Waals surface area contributed by atoms with Crippen molar-refractivity contribution in [1.29, 1.82) is 0 Å². The molecular formula is C15H16ClF3N4. The third-order valence-electron chi connectivity index (χ3n) is 3.19. The molecule has 2 aromatic rings. The van der Waals surface area contributed by atoms with Crippen LogP contribution in [0.4, 0.5) is 30.6 Å². The Kier molecular flexibility index (Phi) is 5.30. The van der Waals surface area contributed by atoms with E-state index < -0.39 is 11.7 Å². The van der Waals surface area contributed by atoms with Crippen molar-refractivity contribution in [2.24, 2.45) is 0 Å². The first-order valence-electron chi connectivity index (χ1n) is 7.03. The highest BCUT2D eigenvalue weighted by Crippen LogP contribution is 2.37. The van der Waals surface area contributed by atoms with Crippen LogP contribution in [0.5, 0.6) is 0 Å². The maximum absolute atomic E-state index is 13.1. The van der Waals surface area contributed by atoms with Crippen LogP contribution in [0.2, 0.25) is 5.02 Å². The fourth-order valence-corrected chi connectivity index (χ4v) is 1.99. The second-order valence-corrected chi connectivity index (χ2v) is 5.47. The zero-order valence-electron chi connectivity index (χ0n) is 12.6. The summed E-state index contributed by atoms with van der Waals surface area (Å²) in [6.07, 6.45) is -2.17. The molecule has 0 aliphatic heterocycles. The topological polar surface area (TPSA) is 49.8 Å². The molecule has 4 nitrogen and oxygen atoms in total. The van der Waals surface area contributed by atoms with Crippen molar-refractivity contribution < 1.29 is 13.2 Å². The number of nitrogens with zero attached hydrogens (tertiary/aromatic N) is 2. The zero-order valence-corrected chi connectivity index (χ0v) is 13.3. The van der Waals surface area contributed by atoms with Gasteiger partial charge in [0.2, 0.25) is 5.95 Å². The number of alkyl halides is 3. The zero-order chi connectivity index (χ0) is 17.0. The molecule has 8 heteroatoms. The maximum atomic E-state index is 13.1. The third-order valence-corrected chi connectivity index (χ3v) is 3.43. The standard InChI is InChI=1S/C15H16ClF3N4/c1-3-9(2)21-14-20-7-6-13(23-14)22-12-5-4-10(16)8-11(12)15(17,18)19/h4-9H,3H2,1-2H3,(H2,20,21,22,23). The average molecular weight is 345 g/mol. The molecule has 1 atom stereocenters. The van der Waals surface area contributed by atoms with Gasteiger partial charge in [0.05, 0.1) is 11.3 Å². The van der Waals surface area contributed by atoms with Crippen LogP contribution in [0.15, 0.2) is 30.5 Å².